The Kier molecular flexibility index (Phi) is 4.59. The zero-order valence-corrected chi connectivity index (χ0v) is 14.2. The van der Waals surface area contributed by atoms with Gasteiger partial charge < -0.3 is 14.8 Å². The van der Waals surface area contributed by atoms with Crippen LogP contribution in [0.2, 0.25) is 0 Å². The minimum absolute atomic E-state index is 0.0317. The standard InChI is InChI=1S/C19H23N3O3/c23-18(7-3-6-13-4-1-2-5-13)21-19-15(11-20-22-19)14-8-9-16-17(10-14)25-12-24-16/h8-11,13H,1-7,12H2,(H2,20,21,22,23). The molecule has 2 aliphatic rings. The molecule has 1 aliphatic carbocycles. The Morgan fingerprint density at radius 2 is 2.08 bits per heavy atom. The van der Waals surface area contributed by atoms with Crippen molar-refractivity contribution in [2.45, 2.75) is 44.9 Å². The van der Waals surface area contributed by atoms with Crippen LogP contribution in [0.3, 0.4) is 0 Å². The molecule has 1 aromatic heterocycles. The first-order valence-corrected chi connectivity index (χ1v) is 9.03. The van der Waals surface area contributed by atoms with E-state index in [1.807, 2.05) is 18.2 Å². The second-order valence-corrected chi connectivity index (χ2v) is 6.82. The molecule has 132 valence electrons. The minimum atomic E-state index is 0.0317. The summed E-state index contributed by atoms with van der Waals surface area (Å²) in [5, 5.41) is 9.91. The number of aromatic nitrogens is 2. The second kappa shape index (κ2) is 7.17. The van der Waals surface area contributed by atoms with Crippen LogP contribution in [-0.4, -0.2) is 22.9 Å². The number of ether oxygens (including phenoxy) is 2. The van der Waals surface area contributed by atoms with Gasteiger partial charge in [0.25, 0.3) is 0 Å². The van der Waals surface area contributed by atoms with E-state index in [1.54, 1.807) is 6.20 Å². The zero-order valence-electron chi connectivity index (χ0n) is 14.2. The molecule has 2 aromatic rings. The third-order valence-electron chi connectivity index (χ3n) is 5.08. The molecule has 0 atom stereocenters. The number of nitrogens with zero attached hydrogens (tertiary/aromatic N) is 1. The lowest BCUT2D eigenvalue weighted by molar-refractivity contribution is -0.116. The molecule has 25 heavy (non-hydrogen) atoms. The van der Waals surface area contributed by atoms with Crippen LogP contribution in [0, 0.1) is 5.92 Å². The number of aromatic amines is 1. The Hall–Kier alpha value is -2.50. The van der Waals surface area contributed by atoms with Gasteiger partial charge in [0.1, 0.15) is 5.82 Å². The number of H-pyrrole nitrogens is 1. The van der Waals surface area contributed by atoms with Gasteiger partial charge in [0.2, 0.25) is 12.7 Å². The highest BCUT2D eigenvalue weighted by atomic mass is 16.7. The Balaban J connectivity index is 1.37. The summed E-state index contributed by atoms with van der Waals surface area (Å²) in [6.45, 7) is 0.245. The van der Waals surface area contributed by atoms with Gasteiger partial charge in [-0.3, -0.25) is 9.89 Å². The highest BCUT2D eigenvalue weighted by Gasteiger charge is 2.18. The summed E-state index contributed by atoms with van der Waals surface area (Å²) in [4.78, 5) is 12.3. The van der Waals surface area contributed by atoms with Crippen molar-refractivity contribution in [3.05, 3.63) is 24.4 Å². The number of anilines is 1. The van der Waals surface area contributed by atoms with E-state index in [9.17, 15) is 4.79 Å². The number of benzene rings is 1. The van der Waals surface area contributed by atoms with Gasteiger partial charge in [0.15, 0.2) is 11.5 Å². The van der Waals surface area contributed by atoms with E-state index in [4.69, 9.17) is 9.47 Å². The molecule has 0 spiro atoms. The monoisotopic (exact) mass is 341 g/mol. The molecule has 1 fully saturated rings. The first-order valence-electron chi connectivity index (χ1n) is 9.03. The normalized spacial score (nSPS) is 16.3. The lowest BCUT2D eigenvalue weighted by atomic mass is 10.0. The van der Waals surface area contributed by atoms with Crippen molar-refractivity contribution in [2.75, 3.05) is 12.1 Å². The molecule has 1 aromatic carbocycles. The fourth-order valence-corrected chi connectivity index (χ4v) is 3.72. The highest BCUT2D eigenvalue weighted by molar-refractivity contribution is 5.94. The highest BCUT2D eigenvalue weighted by Crippen LogP contribution is 2.37. The Morgan fingerprint density at radius 3 is 2.96 bits per heavy atom. The third kappa shape index (κ3) is 3.62. The summed E-state index contributed by atoms with van der Waals surface area (Å²) in [5.74, 6) is 2.94. The second-order valence-electron chi connectivity index (χ2n) is 6.82. The fourth-order valence-electron chi connectivity index (χ4n) is 3.72. The fraction of sp³-hybridized carbons (Fsp3) is 0.474. The van der Waals surface area contributed by atoms with Crippen molar-refractivity contribution in [1.82, 2.24) is 10.2 Å². The molecule has 0 saturated heterocycles. The molecule has 0 radical (unpaired) electrons. The van der Waals surface area contributed by atoms with Crippen LogP contribution in [0.25, 0.3) is 11.1 Å². The van der Waals surface area contributed by atoms with E-state index in [2.05, 4.69) is 15.5 Å². The molecule has 2 N–H and O–H groups in total. The van der Waals surface area contributed by atoms with Gasteiger partial charge in [0, 0.05) is 12.0 Å². The maximum Gasteiger partial charge on any atom is 0.231 e. The molecule has 2 heterocycles. The number of rotatable bonds is 6. The Morgan fingerprint density at radius 1 is 1.24 bits per heavy atom. The van der Waals surface area contributed by atoms with Crippen LogP contribution in [0.4, 0.5) is 5.82 Å². The van der Waals surface area contributed by atoms with Gasteiger partial charge in [-0.1, -0.05) is 31.7 Å². The van der Waals surface area contributed by atoms with Crippen LogP contribution in [0.15, 0.2) is 24.4 Å². The number of hydrogen-bond donors (Lipinski definition) is 2. The van der Waals surface area contributed by atoms with Gasteiger partial charge in [-0.25, -0.2) is 0 Å². The van der Waals surface area contributed by atoms with E-state index in [0.29, 0.717) is 18.0 Å². The van der Waals surface area contributed by atoms with Gasteiger partial charge in [-0.05, 0) is 36.5 Å². The minimum Gasteiger partial charge on any atom is -0.454 e. The quantitative estimate of drug-likeness (QED) is 0.829. The predicted octanol–water partition coefficient (Wildman–Crippen LogP) is 4.10. The van der Waals surface area contributed by atoms with Gasteiger partial charge in [-0.2, -0.15) is 5.10 Å². The number of fused-ring (bicyclic) bond motifs is 1. The van der Waals surface area contributed by atoms with Gasteiger partial charge in [0.05, 0.1) is 6.20 Å². The summed E-state index contributed by atoms with van der Waals surface area (Å²) in [5.41, 5.74) is 1.78. The molecule has 0 bridgehead atoms. The van der Waals surface area contributed by atoms with Crippen molar-refractivity contribution in [1.29, 1.82) is 0 Å². The average Bonchev–Trinajstić information content (AvgIpc) is 3.35. The maximum absolute atomic E-state index is 12.3. The van der Waals surface area contributed by atoms with Crippen molar-refractivity contribution in [3.8, 4) is 22.6 Å². The SMILES string of the molecule is O=C(CCCC1CCCC1)Nc1[nH]ncc1-c1ccc2c(c1)OCO2. The molecule has 1 aliphatic heterocycles. The van der Waals surface area contributed by atoms with Crippen LogP contribution >= 0.6 is 0 Å². The Labute approximate surface area is 146 Å². The van der Waals surface area contributed by atoms with E-state index >= 15 is 0 Å². The summed E-state index contributed by atoms with van der Waals surface area (Å²) in [6, 6.07) is 5.72. The van der Waals surface area contributed by atoms with E-state index in [0.717, 1.165) is 35.6 Å². The lowest BCUT2D eigenvalue weighted by Crippen LogP contribution is -2.12. The maximum atomic E-state index is 12.3. The van der Waals surface area contributed by atoms with Crippen molar-refractivity contribution >= 4 is 11.7 Å². The number of carbonyl (C=O) groups is 1. The predicted molar refractivity (Wildman–Crippen MR) is 94.6 cm³/mol. The zero-order chi connectivity index (χ0) is 17.1. The van der Waals surface area contributed by atoms with Crippen LogP contribution < -0.4 is 14.8 Å². The number of hydrogen-bond acceptors (Lipinski definition) is 4. The van der Waals surface area contributed by atoms with Gasteiger partial charge in [-0.15, -0.1) is 0 Å². The van der Waals surface area contributed by atoms with E-state index in [1.165, 1.54) is 25.7 Å². The number of nitrogens with one attached hydrogen (secondary N) is 2. The topological polar surface area (TPSA) is 76.2 Å². The summed E-state index contributed by atoms with van der Waals surface area (Å²) in [7, 11) is 0. The van der Waals surface area contributed by atoms with E-state index < -0.39 is 0 Å². The average molecular weight is 341 g/mol. The molecule has 1 saturated carbocycles. The molecule has 4 rings (SSSR count). The molecular formula is C19H23N3O3. The molecule has 6 heteroatoms. The van der Waals surface area contributed by atoms with Crippen LogP contribution in [0.5, 0.6) is 11.5 Å². The summed E-state index contributed by atoms with van der Waals surface area (Å²) < 4.78 is 10.8. The van der Waals surface area contributed by atoms with Gasteiger partial charge >= 0.3 is 0 Å². The molecule has 6 nitrogen and oxygen atoms in total. The van der Waals surface area contributed by atoms with Crippen LogP contribution in [0.1, 0.15) is 44.9 Å². The van der Waals surface area contributed by atoms with Crippen molar-refractivity contribution in [2.24, 2.45) is 5.92 Å². The largest absolute Gasteiger partial charge is 0.454 e. The molecule has 0 unspecified atom stereocenters. The number of carbonyl (C=O) groups excluding carboxylic acids is 1. The van der Waals surface area contributed by atoms with Crippen LogP contribution in [-0.2, 0) is 4.79 Å². The first-order chi connectivity index (χ1) is 12.3. The smallest absolute Gasteiger partial charge is 0.231 e. The van der Waals surface area contributed by atoms with Crippen molar-refractivity contribution in [3.63, 3.8) is 0 Å². The number of amides is 1. The lowest BCUT2D eigenvalue weighted by Gasteiger charge is -2.09. The third-order valence-corrected chi connectivity index (χ3v) is 5.08. The molecule has 1 amide bonds. The summed E-state index contributed by atoms with van der Waals surface area (Å²) >= 11 is 0. The molecular weight excluding hydrogens is 318 g/mol. The summed E-state index contributed by atoms with van der Waals surface area (Å²) in [6.07, 6.45) is 9.73. The van der Waals surface area contributed by atoms with Crippen molar-refractivity contribution < 1.29 is 14.3 Å². The first kappa shape index (κ1) is 16.0. The Bertz CT molecular complexity index is 750. The van der Waals surface area contributed by atoms with E-state index in [-0.39, 0.29) is 12.7 Å².